The number of hydrogen-bond acceptors (Lipinski definition) is 4. The van der Waals surface area contributed by atoms with E-state index in [0.717, 1.165) is 30.2 Å². The maximum atomic E-state index is 6.18. The summed E-state index contributed by atoms with van der Waals surface area (Å²) < 4.78 is 5.84. The van der Waals surface area contributed by atoms with Crippen LogP contribution >= 0.6 is 11.6 Å². The zero-order chi connectivity index (χ0) is 20.4. The molecule has 0 fully saturated rings. The quantitative estimate of drug-likeness (QED) is 0.508. The van der Waals surface area contributed by atoms with Crippen molar-refractivity contribution in [3.05, 3.63) is 76.7 Å². The molecule has 0 bridgehead atoms. The minimum Gasteiger partial charge on any atom is -0.457 e. The molecule has 3 aromatic rings. The number of rotatable bonds is 6. The molecule has 3 rings (SSSR count). The molecule has 0 saturated heterocycles. The third-order valence-corrected chi connectivity index (χ3v) is 4.30. The molecule has 0 radical (unpaired) electrons. The molecule has 0 aliphatic rings. The predicted octanol–water partition coefficient (Wildman–Crippen LogP) is 6.61. The fourth-order valence-electron chi connectivity index (χ4n) is 2.37. The normalized spacial score (nSPS) is 10.0. The molecule has 148 valence electrons. The number of halogens is 1. The summed E-state index contributed by atoms with van der Waals surface area (Å²) in [5.74, 6) is 2.34. The van der Waals surface area contributed by atoms with E-state index in [0.29, 0.717) is 10.8 Å². The van der Waals surface area contributed by atoms with Crippen molar-refractivity contribution in [2.75, 3.05) is 11.9 Å². The number of hydrogen-bond donors (Lipinski definition) is 1. The van der Waals surface area contributed by atoms with Gasteiger partial charge in [0.1, 0.15) is 28.7 Å². The Hall–Kier alpha value is -2.59. The monoisotopic (exact) mass is 397 g/mol. The van der Waals surface area contributed by atoms with Crippen molar-refractivity contribution >= 4 is 17.4 Å². The highest BCUT2D eigenvalue weighted by atomic mass is 35.5. The van der Waals surface area contributed by atoms with Crippen LogP contribution < -0.4 is 10.1 Å². The van der Waals surface area contributed by atoms with E-state index in [2.05, 4.69) is 48.2 Å². The van der Waals surface area contributed by atoms with E-state index < -0.39 is 0 Å². The first-order valence-electron chi connectivity index (χ1n) is 9.57. The molecule has 2 aromatic carbocycles. The Kier molecular flexibility index (Phi) is 8.76. The Morgan fingerprint density at radius 2 is 1.46 bits per heavy atom. The van der Waals surface area contributed by atoms with Gasteiger partial charge in [-0.3, -0.25) is 0 Å². The average molecular weight is 398 g/mol. The van der Waals surface area contributed by atoms with Crippen LogP contribution in [-0.2, 0) is 6.42 Å². The number of nitrogens with one attached hydrogen (secondary N) is 1. The molecule has 1 aromatic heterocycles. The highest BCUT2D eigenvalue weighted by Gasteiger charge is 2.05. The average Bonchev–Trinajstić information content (AvgIpc) is 2.69. The summed E-state index contributed by atoms with van der Waals surface area (Å²) in [5, 5.41) is 3.82. The van der Waals surface area contributed by atoms with Crippen LogP contribution in [0.3, 0.4) is 0 Å². The van der Waals surface area contributed by atoms with E-state index in [1.165, 1.54) is 23.9 Å². The van der Waals surface area contributed by atoms with Crippen LogP contribution in [0.15, 0.2) is 54.9 Å². The maximum absolute atomic E-state index is 6.18. The third kappa shape index (κ3) is 6.86. The summed E-state index contributed by atoms with van der Waals surface area (Å²) in [5.41, 5.74) is 3.21. The smallest absolute Gasteiger partial charge is 0.148 e. The van der Waals surface area contributed by atoms with E-state index in [4.69, 9.17) is 16.3 Å². The van der Waals surface area contributed by atoms with E-state index >= 15 is 0 Å². The largest absolute Gasteiger partial charge is 0.457 e. The van der Waals surface area contributed by atoms with Gasteiger partial charge in [-0.05, 0) is 50.1 Å². The van der Waals surface area contributed by atoms with Gasteiger partial charge in [-0.25, -0.2) is 9.97 Å². The van der Waals surface area contributed by atoms with Crippen molar-refractivity contribution < 1.29 is 4.74 Å². The van der Waals surface area contributed by atoms with Gasteiger partial charge in [-0.2, -0.15) is 0 Å². The lowest BCUT2D eigenvalue weighted by Crippen LogP contribution is -2.07. The molecular formula is C23H28ClN3O. The molecule has 5 heteroatoms. The summed E-state index contributed by atoms with van der Waals surface area (Å²) in [6.07, 6.45) is 3.63. The topological polar surface area (TPSA) is 47.0 Å². The van der Waals surface area contributed by atoms with Crippen LogP contribution in [0.25, 0.3) is 0 Å². The minimum atomic E-state index is 0.573. The van der Waals surface area contributed by atoms with Crippen molar-refractivity contribution in [3.8, 4) is 11.5 Å². The lowest BCUT2D eigenvalue weighted by atomic mass is 10.1. The highest BCUT2D eigenvalue weighted by Crippen LogP contribution is 2.23. The fraction of sp³-hybridized carbons (Fsp3) is 0.304. The van der Waals surface area contributed by atoms with Gasteiger partial charge < -0.3 is 10.1 Å². The van der Waals surface area contributed by atoms with Crippen LogP contribution in [0.4, 0.5) is 5.82 Å². The van der Waals surface area contributed by atoms with Gasteiger partial charge in [0.2, 0.25) is 0 Å². The molecule has 0 aliphatic carbocycles. The molecule has 0 spiro atoms. The van der Waals surface area contributed by atoms with Gasteiger partial charge in [-0.15, -0.1) is 0 Å². The number of ether oxygens (including phenoxy) is 1. The number of aryl methyl sites for hydroxylation is 2. The number of nitrogens with zero attached hydrogens (tertiary/aromatic N) is 2. The lowest BCUT2D eigenvalue weighted by molar-refractivity contribution is 0.482. The molecule has 0 atom stereocenters. The Balaban J connectivity index is 0.000000878. The van der Waals surface area contributed by atoms with Crippen LogP contribution in [0.5, 0.6) is 11.5 Å². The second-order valence-electron chi connectivity index (χ2n) is 6.56. The standard InChI is InChI=1S/C20H20ClN3O.C3H8/c1-14-3-7-17(8-4-14)25-18-9-5-16(6-10-18)11-12-22-20-19(21)15(2)23-13-24-20;1-3-2/h3-10,13H,11-12H2,1-2H3,(H,22,23,24);3H2,1-2H3. The molecular weight excluding hydrogens is 370 g/mol. The molecule has 28 heavy (non-hydrogen) atoms. The SMILES string of the molecule is CCC.Cc1ccc(Oc2ccc(CCNc3ncnc(C)c3Cl)cc2)cc1. The lowest BCUT2D eigenvalue weighted by Gasteiger charge is -2.09. The Morgan fingerprint density at radius 3 is 2.07 bits per heavy atom. The molecule has 4 nitrogen and oxygen atoms in total. The zero-order valence-corrected chi connectivity index (χ0v) is 17.8. The van der Waals surface area contributed by atoms with Crippen molar-refractivity contribution in [1.29, 1.82) is 0 Å². The fourth-order valence-corrected chi connectivity index (χ4v) is 2.54. The number of benzene rings is 2. The second-order valence-corrected chi connectivity index (χ2v) is 6.94. The molecule has 1 N–H and O–H groups in total. The Labute approximate surface area is 173 Å². The van der Waals surface area contributed by atoms with E-state index in [1.807, 2.05) is 43.3 Å². The van der Waals surface area contributed by atoms with Crippen LogP contribution in [0.2, 0.25) is 5.02 Å². The van der Waals surface area contributed by atoms with Gasteiger partial charge >= 0.3 is 0 Å². The summed E-state index contributed by atoms with van der Waals surface area (Å²) in [4.78, 5) is 8.22. The minimum absolute atomic E-state index is 0.573. The summed E-state index contributed by atoms with van der Waals surface area (Å²) in [6.45, 7) is 8.92. The van der Waals surface area contributed by atoms with Gasteiger partial charge in [0.05, 0.1) is 5.69 Å². The van der Waals surface area contributed by atoms with Crippen molar-refractivity contribution in [2.24, 2.45) is 0 Å². The van der Waals surface area contributed by atoms with E-state index in [-0.39, 0.29) is 0 Å². The van der Waals surface area contributed by atoms with Crippen LogP contribution in [0.1, 0.15) is 37.1 Å². The summed E-state index contributed by atoms with van der Waals surface area (Å²) >= 11 is 6.18. The van der Waals surface area contributed by atoms with Crippen LogP contribution in [-0.4, -0.2) is 16.5 Å². The van der Waals surface area contributed by atoms with Crippen LogP contribution in [0, 0.1) is 13.8 Å². The first kappa shape index (κ1) is 21.7. The summed E-state index contributed by atoms with van der Waals surface area (Å²) in [6, 6.07) is 16.1. The Bertz CT molecular complexity index is 849. The first-order chi connectivity index (χ1) is 13.5. The molecule has 0 amide bonds. The highest BCUT2D eigenvalue weighted by molar-refractivity contribution is 6.33. The van der Waals surface area contributed by atoms with Crippen molar-refractivity contribution in [2.45, 2.75) is 40.5 Å². The molecule has 1 heterocycles. The number of aromatic nitrogens is 2. The van der Waals surface area contributed by atoms with Gasteiger partial charge in [0, 0.05) is 6.54 Å². The second kappa shape index (κ2) is 11.3. The third-order valence-electron chi connectivity index (χ3n) is 3.85. The van der Waals surface area contributed by atoms with Crippen molar-refractivity contribution in [1.82, 2.24) is 9.97 Å². The van der Waals surface area contributed by atoms with Gasteiger partial charge in [0.15, 0.2) is 0 Å². The molecule has 0 saturated carbocycles. The van der Waals surface area contributed by atoms with Gasteiger partial charge in [-0.1, -0.05) is 61.7 Å². The predicted molar refractivity (Wildman–Crippen MR) is 118 cm³/mol. The summed E-state index contributed by atoms with van der Waals surface area (Å²) in [7, 11) is 0. The molecule has 0 aliphatic heterocycles. The maximum Gasteiger partial charge on any atom is 0.148 e. The van der Waals surface area contributed by atoms with Gasteiger partial charge in [0.25, 0.3) is 0 Å². The molecule has 0 unspecified atom stereocenters. The number of anilines is 1. The Morgan fingerprint density at radius 1 is 0.893 bits per heavy atom. The van der Waals surface area contributed by atoms with E-state index in [1.54, 1.807) is 0 Å². The first-order valence-corrected chi connectivity index (χ1v) is 9.95. The van der Waals surface area contributed by atoms with Crippen molar-refractivity contribution in [3.63, 3.8) is 0 Å². The zero-order valence-electron chi connectivity index (χ0n) is 17.0. The van der Waals surface area contributed by atoms with E-state index in [9.17, 15) is 0 Å².